The van der Waals surface area contributed by atoms with Crippen molar-refractivity contribution in [2.75, 3.05) is 0 Å². The van der Waals surface area contributed by atoms with E-state index in [-0.39, 0.29) is 30.9 Å². The highest BCUT2D eigenvalue weighted by Gasteiger charge is 2.40. The second kappa shape index (κ2) is 6.25. The number of carbonyl (C=O) groups excluding carboxylic acids is 3. The maximum atomic E-state index is 13.8. The van der Waals surface area contributed by atoms with E-state index < -0.39 is 23.7 Å². The van der Waals surface area contributed by atoms with E-state index in [0.29, 0.717) is 5.56 Å². The van der Waals surface area contributed by atoms with Crippen LogP contribution in [0, 0.1) is 12.7 Å². The van der Waals surface area contributed by atoms with Crippen LogP contribution in [0.15, 0.2) is 12.1 Å². The van der Waals surface area contributed by atoms with Crippen molar-refractivity contribution < 1.29 is 18.8 Å². The quantitative estimate of drug-likeness (QED) is 0.806. The van der Waals surface area contributed by atoms with Gasteiger partial charge in [0.25, 0.3) is 5.91 Å². The second-order valence-electron chi connectivity index (χ2n) is 5.12. The summed E-state index contributed by atoms with van der Waals surface area (Å²) in [6.45, 7) is 6.02. The van der Waals surface area contributed by atoms with Crippen LogP contribution in [0.3, 0.4) is 0 Å². The van der Waals surface area contributed by atoms with Crippen LogP contribution in [0.5, 0.6) is 0 Å². The van der Waals surface area contributed by atoms with Gasteiger partial charge < -0.3 is 4.90 Å². The smallest absolute Gasteiger partial charge is 0.258 e. The van der Waals surface area contributed by atoms with E-state index in [2.05, 4.69) is 5.32 Å². The standard InChI is InChI=1S/C14H13FN2O3.C2H6/c1-7-2-3-9(15)12-8(7)6-17(14(12)20)10-4-5-11(18)16-13(10)19;1-2/h2-3,10H,4-6H2,1H3,(H,16,18,19);1-2H3. The molecule has 2 heterocycles. The molecule has 2 aliphatic heterocycles. The average Bonchev–Trinajstić information content (AvgIpc) is 2.84. The summed E-state index contributed by atoms with van der Waals surface area (Å²) in [4.78, 5) is 36.7. The first-order valence-electron chi connectivity index (χ1n) is 7.41. The highest BCUT2D eigenvalue weighted by Crippen LogP contribution is 2.31. The number of nitrogens with one attached hydrogen (secondary N) is 1. The summed E-state index contributed by atoms with van der Waals surface area (Å²) in [5, 5.41) is 2.22. The van der Waals surface area contributed by atoms with Crippen molar-refractivity contribution in [3.63, 3.8) is 0 Å². The van der Waals surface area contributed by atoms with Crippen molar-refractivity contribution in [2.45, 2.75) is 46.2 Å². The van der Waals surface area contributed by atoms with Gasteiger partial charge in [-0.1, -0.05) is 19.9 Å². The summed E-state index contributed by atoms with van der Waals surface area (Å²) in [5.74, 6) is -1.86. The number of piperidine rings is 1. The van der Waals surface area contributed by atoms with Crippen LogP contribution in [0.1, 0.15) is 48.2 Å². The highest BCUT2D eigenvalue weighted by molar-refractivity contribution is 6.05. The third-order valence-electron chi connectivity index (χ3n) is 3.89. The molecule has 0 aromatic heterocycles. The summed E-state index contributed by atoms with van der Waals surface area (Å²) >= 11 is 0. The summed E-state index contributed by atoms with van der Waals surface area (Å²) in [7, 11) is 0. The average molecular weight is 306 g/mol. The van der Waals surface area contributed by atoms with E-state index in [0.717, 1.165) is 5.56 Å². The fourth-order valence-electron chi connectivity index (χ4n) is 2.78. The van der Waals surface area contributed by atoms with Crippen molar-refractivity contribution >= 4 is 17.7 Å². The molecule has 1 N–H and O–H groups in total. The van der Waals surface area contributed by atoms with Crippen molar-refractivity contribution in [3.8, 4) is 0 Å². The number of halogens is 1. The lowest BCUT2D eigenvalue weighted by Crippen LogP contribution is -2.52. The fraction of sp³-hybridized carbons (Fsp3) is 0.438. The van der Waals surface area contributed by atoms with E-state index in [4.69, 9.17) is 0 Å². The summed E-state index contributed by atoms with van der Waals surface area (Å²) < 4.78 is 13.8. The number of hydrogen-bond acceptors (Lipinski definition) is 3. The van der Waals surface area contributed by atoms with Gasteiger partial charge in [-0.3, -0.25) is 19.7 Å². The molecule has 1 saturated heterocycles. The molecular weight excluding hydrogens is 287 g/mol. The van der Waals surface area contributed by atoms with Crippen LogP contribution in [-0.4, -0.2) is 28.7 Å². The van der Waals surface area contributed by atoms with Crippen LogP contribution in [-0.2, 0) is 16.1 Å². The van der Waals surface area contributed by atoms with E-state index in [9.17, 15) is 18.8 Å². The van der Waals surface area contributed by atoms with E-state index in [1.807, 2.05) is 13.8 Å². The number of aryl methyl sites for hydroxylation is 1. The molecule has 1 aromatic rings. The van der Waals surface area contributed by atoms with Crippen LogP contribution >= 0.6 is 0 Å². The zero-order valence-electron chi connectivity index (χ0n) is 12.9. The van der Waals surface area contributed by atoms with Crippen LogP contribution in [0.25, 0.3) is 0 Å². The minimum atomic E-state index is -0.702. The Morgan fingerprint density at radius 1 is 1.23 bits per heavy atom. The number of benzene rings is 1. The van der Waals surface area contributed by atoms with Gasteiger partial charge >= 0.3 is 0 Å². The SMILES string of the molecule is CC.Cc1ccc(F)c2c1CN(C1CCC(=O)NC1=O)C2=O. The number of hydrogen-bond donors (Lipinski definition) is 1. The Balaban J connectivity index is 0.000000847. The van der Waals surface area contributed by atoms with Crippen LogP contribution < -0.4 is 5.32 Å². The fourth-order valence-corrected chi connectivity index (χ4v) is 2.78. The third-order valence-corrected chi connectivity index (χ3v) is 3.89. The summed E-state index contributed by atoms with van der Waals surface area (Å²) in [6, 6.07) is 2.18. The first-order valence-corrected chi connectivity index (χ1v) is 7.41. The predicted octanol–water partition coefficient (Wildman–Crippen LogP) is 1.92. The van der Waals surface area contributed by atoms with Gasteiger partial charge in [0.15, 0.2) is 0 Å². The van der Waals surface area contributed by atoms with Gasteiger partial charge in [-0.15, -0.1) is 0 Å². The maximum Gasteiger partial charge on any atom is 0.258 e. The molecule has 22 heavy (non-hydrogen) atoms. The molecule has 0 spiro atoms. The molecule has 1 atom stereocenters. The number of nitrogens with zero attached hydrogens (tertiary/aromatic N) is 1. The van der Waals surface area contributed by atoms with Crippen LogP contribution in [0.2, 0.25) is 0 Å². The molecule has 0 aliphatic carbocycles. The van der Waals surface area contributed by atoms with Crippen molar-refractivity contribution in [2.24, 2.45) is 0 Å². The summed E-state index contributed by atoms with van der Waals surface area (Å²) in [6.07, 6.45) is 0.475. The molecule has 2 aliphatic rings. The molecule has 5 nitrogen and oxygen atoms in total. The topological polar surface area (TPSA) is 66.5 Å². The van der Waals surface area contributed by atoms with E-state index >= 15 is 0 Å². The normalized spacial score (nSPS) is 20.3. The molecule has 6 heteroatoms. The molecule has 118 valence electrons. The third kappa shape index (κ3) is 2.61. The maximum absolute atomic E-state index is 13.8. The molecule has 3 amide bonds. The van der Waals surface area contributed by atoms with Gasteiger partial charge in [0.05, 0.1) is 5.56 Å². The zero-order valence-corrected chi connectivity index (χ0v) is 12.9. The van der Waals surface area contributed by atoms with Gasteiger partial charge in [-0.2, -0.15) is 0 Å². The first-order chi connectivity index (χ1) is 10.5. The number of carbonyl (C=O) groups is 3. The number of rotatable bonds is 1. The van der Waals surface area contributed by atoms with Crippen molar-refractivity contribution in [3.05, 3.63) is 34.6 Å². The Kier molecular flexibility index (Phi) is 4.59. The van der Waals surface area contributed by atoms with Gasteiger partial charge in [0.1, 0.15) is 11.9 Å². The van der Waals surface area contributed by atoms with Gasteiger partial charge in [0, 0.05) is 13.0 Å². The molecule has 0 bridgehead atoms. The molecule has 0 saturated carbocycles. The van der Waals surface area contributed by atoms with Crippen molar-refractivity contribution in [1.82, 2.24) is 10.2 Å². The van der Waals surface area contributed by atoms with Crippen LogP contribution in [0.4, 0.5) is 4.39 Å². The predicted molar refractivity (Wildman–Crippen MR) is 78.5 cm³/mol. The molecule has 1 aromatic carbocycles. The minimum Gasteiger partial charge on any atom is -0.322 e. The molecule has 3 rings (SSSR count). The second-order valence-corrected chi connectivity index (χ2v) is 5.12. The van der Waals surface area contributed by atoms with E-state index in [1.54, 1.807) is 13.0 Å². The zero-order chi connectivity index (χ0) is 16.4. The van der Waals surface area contributed by atoms with E-state index in [1.165, 1.54) is 11.0 Å². The minimum absolute atomic E-state index is 0.0506. The number of imide groups is 1. The van der Waals surface area contributed by atoms with Gasteiger partial charge in [-0.05, 0) is 30.5 Å². The first kappa shape index (κ1) is 16.1. The number of fused-ring (bicyclic) bond motifs is 1. The molecular formula is C16H19FN2O3. The molecule has 1 unspecified atom stereocenters. The Hall–Kier alpha value is -2.24. The lowest BCUT2D eigenvalue weighted by molar-refractivity contribution is -0.136. The van der Waals surface area contributed by atoms with Gasteiger partial charge in [0.2, 0.25) is 11.8 Å². The number of amides is 3. The summed E-state index contributed by atoms with van der Waals surface area (Å²) in [5.41, 5.74) is 1.50. The molecule has 1 fully saturated rings. The van der Waals surface area contributed by atoms with Gasteiger partial charge in [-0.25, -0.2) is 4.39 Å². The largest absolute Gasteiger partial charge is 0.322 e. The Morgan fingerprint density at radius 3 is 2.50 bits per heavy atom. The Bertz CT molecular complexity index is 643. The highest BCUT2D eigenvalue weighted by atomic mass is 19.1. The Morgan fingerprint density at radius 2 is 1.91 bits per heavy atom. The lowest BCUT2D eigenvalue weighted by Gasteiger charge is -2.29. The molecule has 0 radical (unpaired) electrons. The monoisotopic (exact) mass is 306 g/mol. The lowest BCUT2D eigenvalue weighted by atomic mass is 10.0. The Labute approximate surface area is 128 Å². The van der Waals surface area contributed by atoms with Crippen molar-refractivity contribution in [1.29, 1.82) is 0 Å².